The summed E-state index contributed by atoms with van der Waals surface area (Å²) in [6.07, 6.45) is 0. The zero-order valence-electron chi connectivity index (χ0n) is 8.16. The Kier molecular flexibility index (Phi) is 3.67. The van der Waals surface area contributed by atoms with Gasteiger partial charge in [-0.2, -0.15) is 0 Å². The molecule has 0 amide bonds. The van der Waals surface area contributed by atoms with Crippen molar-refractivity contribution in [3.63, 3.8) is 0 Å². The molecule has 0 aromatic rings. The number of hydrogen-bond acceptors (Lipinski definition) is 3. The summed E-state index contributed by atoms with van der Waals surface area (Å²) in [6.45, 7) is 5.88. The van der Waals surface area contributed by atoms with E-state index in [4.69, 9.17) is 10.8 Å². The number of carboxylic acid groups (broad SMARTS) is 1. The largest absolute Gasteiger partial charge is 0.480 e. The number of aliphatic carboxylic acids is 1. The van der Waals surface area contributed by atoms with Crippen molar-refractivity contribution >= 4 is 5.97 Å². The number of rotatable bonds is 4. The Morgan fingerprint density at radius 3 is 2.33 bits per heavy atom. The van der Waals surface area contributed by atoms with E-state index in [0.29, 0.717) is 12.6 Å². The first-order chi connectivity index (χ1) is 5.27. The van der Waals surface area contributed by atoms with Crippen molar-refractivity contribution in [3.05, 3.63) is 0 Å². The van der Waals surface area contributed by atoms with Crippen LogP contribution in [0.2, 0.25) is 0 Å². The van der Waals surface area contributed by atoms with Gasteiger partial charge in [-0.05, 0) is 27.8 Å². The number of carboxylic acids is 1. The molecule has 0 rings (SSSR count). The van der Waals surface area contributed by atoms with Gasteiger partial charge in [0.15, 0.2) is 0 Å². The third-order valence-electron chi connectivity index (χ3n) is 1.95. The van der Waals surface area contributed by atoms with Crippen LogP contribution in [0.25, 0.3) is 0 Å². The van der Waals surface area contributed by atoms with Gasteiger partial charge in [-0.25, -0.2) is 0 Å². The lowest BCUT2D eigenvalue weighted by molar-refractivity contribution is -0.143. The third-order valence-corrected chi connectivity index (χ3v) is 1.95. The lowest BCUT2D eigenvalue weighted by Gasteiger charge is -2.28. The number of nitrogens with two attached hydrogens (primary N) is 1. The molecule has 0 aromatic carbocycles. The molecular formula is C8H18N2O2. The van der Waals surface area contributed by atoms with Crippen LogP contribution in [0, 0.1) is 0 Å². The van der Waals surface area contributed by atoms with Gasteiger partial charge < -0.3 is 15.7 Å². The van der Waals surface area contributed by atoms with Crippen LogP contribution in [0.1, 0.15) is 20.8 Å². The van der Waals surface area contributed by atoms with Crippen LogP contribution in [0.15, 0.2) is 0 Å². The van der Waals surface area contributed by atoms with E-state index in [2.05, 4.69) is 0 Å². The molecule has 0 aliphatic rings. The minimum Gasteiger partial charge on any atom is -0.480 e. The molecule has 4 heteroatoms. The van der Waals surface area contributed by atoms with Crippen LogP contribution in [0.4, 0.5) is 0 Å². The highest BCUT2D eigenvalue weighted by Crippen LogP contribution is 2.04. The molecular weight excluding hydrogens is 156 g/mol. The molecule has 3 N–H and O–H groups in total. The molecule has 0 aliphatic carbocycles. The van der Waals surface area contributed by atoms with E-state index in [0.717, 1.165) is 0 Å². The Morgan fingerprint density at radius 1 is 1.67 bits per heavy atom. The van der Waals surface area contributed by atoms with Gasteiger partial charge in [0.2, 0.25) is 0 Å². The second kappa shape index (κ2) is 3.87. The number of nitrogens with zero attached hydrogens (tertiary/aromatic N) is 1. The number of carbonyl (C=O) groups is 1. The van der Waals surface area contributed by atoms with Crippen molar-refractivity contribution in [3.8, 4) is 0 Å². The van der Waals surface area contributed by atoms with E-state index >= 15 is 0 Å². The van der Waals surface area contributed by atoms with Crippen molar-refractivity contribution in [2.75, 3.05) is 13.6 Å². The number of likely N-dealkylation sites (N-methyl/N-ethyl adjacent to an activating group) is 1. The van der Waals surface area contributed by atoms with E-state index in [9.17, 15) is 4.79 Å². The van der Waals surface area contributed by atoms with Gasteiger partial charge in [0, 0.05) is 12.6 Å². The summed E-state index contributed by atoms with van der Waals surface area (Å²) in [7, 11) is 1.86. The van der Waals surface area contributed by atoms with Crippen LogP contribution in [-0.4, -0.2) is 41.1 Å². The van der Waals surface area contributed by atoms with E-state index < -0.39 is 11.5 Å². The fourth-order valence-electron chi connectivity index (χ4n) is 0.768. The maximum absolute atomic E-state index is 10.6. The molecule has 0 heterocycles. The summed E-state index contributed by atoms with van der Waals surface area (Å²) >= 11 is 0. The van der Waals surface area contributed by atoms with Crippen molar-refractivity contribution in [1.29, 1.82) is 0 Å². The fourth-order valence-corrected chi connectivity index (χ4v) is 0.768. The highest BCUT2D eigenvalue weighted by atomic mass is 16.4. The second-order valence-electron chi connectivity index (χ2n) is 3.73. The molecule has 4 nitrogen and oxygen atoms in total. The minimum atomic E-state index is -1.15. The van der Waals surface area contributed by atoms with Gasteiger partial charge in [-0.1, -0.05) is 0 Å². The normalized spacial score (nSPS) is 16.6. The summed E-state index contributed by atoms with van der Waals surface area (Å²) in [5.41, 5.74) is 4.40. The standard InChI is InChI=1S/C8H18N2O2/c1-6(2)10(4)5-8(3,9)7(11)12/h6H,5,9H2,1-4H3,(H,11,12). The predicted molar refractivity (Wildman–Crippen MR) is 48.0 cm³/mol. The summed E-state index contributed by atoms with van der Waals surface area (Å²) in [6, 6.07) is 0.312. The predicted octanol–water partition coefficient (Wildman–Crippen LogP) is 0.129. The monoisotopic (exact) mass is 174 g/mol. The van der Waals surface area contributed by atoms with E-state index in [1.54, 1.807) is 0 Å². The summed E-state index contributed by atoms with van der Waals surface area (Å²) in [5, 5.41) is 8.72. The molecule has 0 bridgehead atoms. The van der Waals surface area contributed by atoms with Crippen LogP contribution < -0.4 is 5.73 Å². The molecule has 0 aliphatic heterocycles. The Morgan fingerprint density at radius 2 is 2.08 bits per heavy atom. The van der Waals surface area contributed by atoms with Gasteiger partial charge in [0.1, 0.15) is 5.54 Å². The first kappa shape index (κ1) is 11.4. The smallest absolute Gasteiger partial charge is 0.324 e. The summed E-state index contributed by atoms with van der Waals surface area (Å²) < 4.78 is 0. The van der Waals surface area contributed by atoms with Crippen LogP contribution >= 0.6 is 0 Å². The maximum atomic E-state index is 10.6. The quantitative estimate of drug-likeness (QED) is 0.635. The van der Waals surface area contributed by atoms with Crippen molar-refractivity contribution < 1.29 is 9.90 Å². The van der Waals surface area contributed by atoms with Gasteiger partial charge >= 0.3 is 5.97 Å². The minimum absolute atomic E-state index is 0.312. The Bertz CT molecular complexity index is 166. The van der Waals surface area contributed by atoms with Gasteiger partial charge in [-0.3, -0.25) is 4.79 Å². The zero-order valence-corrected chi connectivity index (χ0v) is 8.16. The molecule has 0 saturated carbocycles. The summed E-state index contributed by atoms with van der Waals surface area (Å²) in [5.74, 6) is -0.963. The van der Waals surface area contributed by atoms with Gasteiger partial charge in [0.25, 0.3) is 0 Å². The molecule has 12 heavy (non-hydrogen) atoms. The van der Waals surface area contributed by atoms with Crippen LogP contribution in [0.5, 0.6) is 0 Å². The third kappa shape index (κ3) is 3.19. The maximum Gasteiger partial charge on any atom is 0.324 e. The van der Waals surface area contributed by atoms with Crippen LogP contribution in [0.3, 0.4) is 0 Å². The van der Waals surface area contributed by atoms with E-state index in [1.165, 1.54) is 6.92 Å². The average Bonchev–Trinajstić information content (AvgIpc) is 1.85. The average molecular weight is 174 g/mol. The Hall–Kier alpha value is -0.610. The highest BCUT2D eigenvalue weighted by molar-refractivity contribution is 5.78. The van der Waals surface area contributed by atoms with Crippen molar-refractivity contribution in [2.24, 2.45) is 5.73 Å². The first-order valence-electron chi connectivity index (χ1n) is 4.00. The van der Waals surface area contributed by atoms with E-state index in [-0.39, 0.29) is 0 Å². The van der Waals surface area contributed by atoms with Crippen molar-refractivity contribution in [1.82, 2.24) is 4.90 Å². The van der Waals surface area contributed by atoms with Gasteiger partial charge in [0.05, 0.1) is 0 Å². The topological polar surface area (TPSA) is 66.6 Å². The Balaban J connectivity index is 4.15. The lowest BCUT2D eigenvalue weighted by Crippen LogP contribution is -2.54. The molecule has 0 saturated heterocycles. The molecule has 0 aromatic heterocycles. The Labute approximate surface area is 73.3 Å². The highest BCUT2D eigenvalue weighted by Gasteiger charge is 2.29. The molecule has 0 spiro atoms. The SMILES string of the molecule is CC(C)N(C)CC(C)(N)C(=O)O. The van der Waals surface area contributed by atoms with Crippen molar-refractivity contribution in [2.45, 2.75) is 32.4 Å². The summed E-state index contributed by atoms with van der Waals surface area (Å²) in [4.78, 5) is 12.5. The molecule has 72 valence electrons. The molecule has 0 radical (unpaired) electrons. The molecule has 1 unspecified atom stereocenters. The van der Waals surface area contributed by atoms with Crippen LogP contribution in [-0.2, 0) is 4.79 Å². The van der Waals surface area contributed by atoms with Gasteiger partial charge in [-0.15, -0.1) is 0 Å². The first-order valence-corrected chi connectivity index (χ1v) is 4.00. The fraction of sp³-hybridized carbons (Fsp3) is 0.875. The lowest BCUT2D eigenvalue weighted by atomic mass is 10.0. The second-order valence-corrected chi connectivity index (χ2v) is 3.73. The zero-order chi connectivity index (χ0) is 9.94. The number of hydrogen-bond donors (Lipinski definition) is 2. The molecule has 1 atom stereocenters. The molecule has 0 fully saturated rings. The van der Waals surface area contributed by atoms with E-state index in [1.807, 2.05) is 25.8 Å².